The summed E-state index contributed by atoms with van der Waals surface area (Å²) in [5.41, 5.74) is 10.2. The van der Waals surface area contributed by atoms with E-state index in [0.29, 0.717) is 0 Å². The van der Waals surface area contributed by atoms with Gasteiger partial charge in [-0.25, -0.2) is 13.2 Å². The molecule has 0 atom stereocenters. The topological polar surface area (TPSA) is 52.0 Å². The van der Waals surface area contributed by atoms with Crippen molar-refractivity contribution in [3.63, 3.8) is 0 Å². The normalized spacial score (nSPS) is 10.5. The van der Waals surface area contributed by atoms with Crippen molar-refractivity contribution in [2.24, 2.45) is 0 Å². The predicted molar refractivity (Wildman–Crippen MR) is 60.6 cm³/mol. The molecule has 2 rings (SSSR count). The summed E-state index contributed by atoms with van der Waals surface area (Å²) in [5, 5.41) is 0. The van der Waals surface area contributed by atoms with Crippen LogP contribution in [0, 0.1) is 17.5 Å². The monoisotopic (exact) mass is 238 g/mol. The van der Waals surface area contributed by atoms with E-state index in [9.17, 15) is 13.2 Å². The number of anilines is 2. The second-order valence-corrected chi connectivity index (χ2v) is 3.57. The lowest BCUT2D eigenvalue weighted by Crippen LogP contribution is -1.98. The molecule has 2 nitrogen and oxygen atoms in total. The predicted octanol–water partition coefficient (Wildman–Crippen LogP) is 2.94. The number of hydrogen-bond acceptors (Lipinski definition) is 2. The Labute approximate surface area is 95.7 Å². The van der Waals surface area contributed by atoms with Crippen LogP contribution in [0.25, 0.3) is 11.1 Å². The third-order valence-corrected chi connectivity index (χ3v) is 2.40. The highest BCUT2D eigenvalue weighted by Gasteiger charge is 2.15. The molecule has 0 unspecified atom stereocenters. The number of nitrogen functional groups attached to an aromatic ring is 2. The molecule has 0 aliphatic heterocycles. The van der Waals surface area contributed by atoms with Gasteiger partial charge < -0.3 is 11.5 Å². The van der Waals surface area contributed by atoms with Crippen molar-refractivity contribution in [3.05, 3.63) is 47.8 Å². The van der Waals surface area contributed by atoms with Gasteiger partial charge in [-0.2, -0.15) is 0 Å². The van der Waals surface area contributed by atoms with Crippen molar-refractivity contribution < 1.29 is 13.2 Å². The van der Waals surface area contributed by atoms with Crippen LogP contribution in [-0.4, -0.2) is 0 Å². The summed E-state index contributed by atoms with van der Waals surface area (Å²) in [4.78, 5) is 0. The van der Waals surface area contributed by atoms with E-state index in [1.165, 1.54) is 24.3 Å². The summed E-state index contributed by atoms with van der Waals surface area (Å²) in [5.74, 6) is -3.07. The summed E-state index contributed by atoms with van der Waals surface area (Å²) < 4.78 is 40.4. The zero-order valence-corrected chi connectivity index (χ0v) is 8.68. The fourth-order valence-corrected chi connectivity index (χ4v) is 1.52. The van der Waals surface area contributed by atoms with Gasteiger partial charge in [0, 0.05) is 16.8 Å². The van der Waals surface area contributed by atoms with Gasteiger partial charge >= 0.3 is 0 Å². The van der Waals surface area contributed by atoms with E-state index in [2.05, 4.69) is 0 Å². The van der Waals surface area contributed by atoms with E-state index >= 15 is 0 Å². The van der Waals surface area contributed by atoms with E-state index in [1.807, 2.05) is 0 Å². The number of benzene rings is 2. The molecule has 88 valence electrons. The number of halogens is 3. The molecule has 0 aromatic heterocycles. The van der Waals surface area contributed by atoms with E-state index in [4.69, 9.17) is 11.5 Å². The zero-order chi connectivity index (χ0) is 12.6. The zero-order valence-electron chi connectivity index (χ0n) is 8.68. The second-order valence-electron chi connectivity index (χ2n) is 3.57. The summed E-state index contributed by atoms with van der Waals surface area (Å²) in [6.45, 7) is 0. The van der Waals surface area contributed by atoms with Crippen LogP contribution in [0.2, 0.25) is 0 Å². The fourth-order valence-electron chi connectivity index (χ4n) is 1.52. The number of hydrogen-bond donors (Lipinski definition) is 2. The van der Waals surface area contributed by atoms with Gasteiger partial charge in [-0.1, -0.05) is 0 Å². The smallest absolute Gasteiger partial charge is 0.182 e. The van der Waals surface area contributed by atoms with Crippen LogP contribution in [0.3, 0.4) is 0 Å². The molecule has 4 N–H and O–H groups in total. The van der Waals surface area contributed by atoms with E-state index < -0.39 is 17.5 Å². The maximum atomic E-state index is 13.6. The van der Waals surface area contributed by atoms with Crippen LogP contribution in [-0.2, 0) is 0 Å². The summed E-state index contributed by atoms with van der Waals surface area (Å²) >= 11 is 0. The van der Waals surface area contributed by atoms with Gasteiger partial charge in [-0.05, 0) is 30.3 Å². The van der Waals surface area contributed by atoms with Crippen molar-refractivity contribution in [2.75, 3.05) is 11.5 Å². The number of rotatable bonds is 1. The highest BCUT2D eigenvalue weighted by Crippen LogP contribution is 2.30. The first-order valence-corrected chi connectivity index (χ1v) is 4.79. The van der Waals surface area contributed by atoms with Crippen molar-refractivity contribution in [3.8, 4) is 11.1 Å². The fraction of sp³-hybridized carbons (Fsp3) is 0. The highest BCUT2D eigenvalue weighted by molar-refractivity contribution is 5.69. The van der Waals surface area contributed by atoms with Crippen molar-refractivity contribution in [1.82, 2.24) is 0 Å². The quantitative estimate of drug-likeness (QED) is 0.750. The second kappa shape index (κ2) is 4.01. The lowest BCUT2D eigenvalue weighted by molar-refractivity contribution is 0.513. The van der Waals surface area contributed by atoms with Gasteiger partial charge in [-0.15, -0.1) is 0 Å². The minimum absolute atomic E-state index is 0.0596. The van der Waals surface area contributed by atoms with Crippen molar-refractivity contribution >= 4 is 11.4 Å². The van der Waals surface area contributed by atoms with E-state index in [0.717, 1.165) is 6.07 Å². The van der Waals surface area contributed by atoms with Crippen molar-refractivity contribution in [2.45, 2.75) is 0 Å². The minimum Gasteiger partial charge on any atom is -0.399 e. The van der Waals surface area contributed by atoms with Crippen molar-refractivity contribution in [1.29, 1.82) is 0 Å². The number of nitrogens with two attached hydrogens (primary N) is 2. The Bertz CT molecular complexity index is 582. The van der Waals surface area contributed by atoms with Gasteiger partial charge in [-0.3, -0.25) is 0 Å². The molecule has 0 spiro atoms. The Morgan fingerprint density at radius 1 is 0.765 bits per heavy atom. The lowest BCUT2D eigenvalue weighted by Gasteiger charge is -2.07. The molecule has 2 aromatic carbocycles. The summed E-state index contributed by atoms with van der Waals surface area (Å²) in [6, 6.07) is 6.15. The van der Waals surface area contributed by atoms with Gasteiger partial charge in [0.25, 0.3) is 0 Å². The SMILES string of the molecule is Nc1ccc(-c2ccc(N)c(F)c2F)c(F)c1. The molecule has 0 bridgehead atoms. The average Bonchev–Trinajstić information content (AvgIpc) is 2.28. The molecule has 2 aromatic rings. The Morgan fingerprint density at radius 2 is 1.41 bits per heavy atom. The van der Waals surface area contributed by atoms with E-state index in [-0.39, 0.29) is 22.5 Å². The molecule has 0 radical (unpaired) electrons. The average molecular weight is 238 g/mol. The van der Waals surface area contributed by atoms with Crippen LogP contribution in [0.5, 0.6) is 0 Å². The molecule has 5 heteroatoms. The van der Waals surface area contributed by atoms with Gasteiger partial charge in [0.2, 0.25) is 0 Å². The Balaban J connectivity index is 2.65. The van der Waals surface area contributed by atoms with Crippen LogP contribution in [0.1, 0.15) is 0 Å². The Kier molecular flexibility index (Phi) is 2.67. The molecule has 17 heavy (non-hydrogen) atoms. The largest absolute Gasteiger partial charge is 0.399 e. The molecule has 0 aliphatic rings. The molecule has 0 amide bonds. The standard InChI is InChI=1S/C12H9F3N2/c13-9-5-6(16)1-2-7(9)8-3-4-10(17)12(15)11(8)14/h1-5H,16-17H2. The maximum Gasteiger partial charge on any atom is 0.182 e. The van der Waals surface area contributed by atoms with Crippen LogP contribution in [0.15, 0.2) is 30.3 Å². The van der Waals surface area contributed by atoms with E-state index in [1.54, 1.807) is 0 Å². The highest BCUT2D eigenvalue weighted by atomic mass is 19.2. The summed E-state index contributed by atoms with van der Waals surface area (Å²) in [6.07, 6.45) is 0. The first kappa shape index (κ1) is 11.3. The minimum atomic E-state index is -1.18. The molecule has 0 fully saturated rings. The molecule has 0 saturated heterocycles. The molecular formula is C12H9F3N2. The van der Waals surface area contributed by atoms with Crippen LogP contribution < -0.4 is 11.5 Å². The van der Waals surface area contributed by atoms with Crippen LogP contribution in [0.4, 0.5) is 24.5 Å². The van der Waals surface area contributed by atoms with Gasteiger partial charge in [0.05, 0.1) is 5.69 Å². The Morgan fingerprint density at radius 3 is 2.06 bits per heavy atom. The molecule has 0 heterocycles. The molecule has 0 saturated carbocycles. The first-order chi connectivity index (χ1) is 8.00. The maximum absolute atomic E-state index is 13.6. The van der Waals surface area contributed by atoms with Gasteiger partial charge in [0.1, 0.15) is 5.82 Å². The lowest BCUT2D eigenvalue weighted by atomic mass is 10.0. The third kappa shape index (κ3) is 1.91. The Hall–Kier alpha value is -2.17. The summed E-state index contributed by atoms with van der Waals surface area (Å²) in [7, 11) is 0. The first-order valence-electron chi connectivity index (χ1n) is 4.79. The molecule has 0 aliphatic carbocycles. The molecular weight excluding hydrogens is 229 g/mol. The third-order valence-electron chi connectivity index (χ3n) is 2.40. The van der Waals surface area contributed by atoms with Gasteiger partial charge in [0.15, 0.2) is 11.6 Å². The van der Waals surface area contributed by atoms with Crippen LogP contribution >= 0.6 is 0 Å².